The van der Waals surface area contributed by atoms with Gasteiger partial charge in [-0.3, -0.25) is 4.79 Å². The molecule has 6 nitrogen and oxygen atoms in total. The monoisotopic (exact) mass is 443 g/mol. The van der Waals surface area contributed by atoms with E-state index in [1.165, 1.54) is 0 Å². The highest BCUT2D eigenvalue weighted by Crippen LogP contribution is 2.26. The first-order chi connectivity index (χ1) is 14.7. The molecule has 0 bridgehead atoms. The van der Waals surface area contributed by atoms with Crippen molar-refractivity contribution in [3.63, 3.8) is 0 Å². The largest absolute Gasteiger partial charge is 0.370 e. The average molecular weight is 444 g/mol. The molecule has 0 N–H and O–H groups in total. The van der Waals surface area contributed by atoms with Crippen LogP contribution in [0.2, 0.25) is 0 Å². The van der Waals surface area contributed by atoms with E-state index >= 15 is 0 Å². The van der Waals surface area contributed by atoms with Crippen LogP contribution in [-0.2, 0) is 27.1 Å². The number of hydrogen-bond acceptors (Lipinski definition) is 4. The third-order valence-corrected chi connectivity index (χ3v) is 7.25. The SMILES string of the molecule is CC(C)CN(Cc1ccc(N2CC(C(=O)N(C)C)C2)cc1)S(=O)(=O)Cc1ccccc1. The standard InChI is InChI=1S/C24H33N3O3S/c1-19(2)14-27(31(29,30)18-21-8-6-5-7-9-21)15-20-10-12-23(13-11-20)26-16-22(17-26)24(28)25(3)4/h5-13,19,22H,14-18H2,1-4H3. The molecule has 1 fully saturated rings. The van der Waals surface area contributed by atoms with Crippen molar-refractivity contribution in [1.29, 1.82) is 0 Å². The zero-order valence-corrected chi connectivity index (χ0v) is 19.7. The molecule has 2 aromatic carbocycles. The van der Waals surface area contributed by atoms with Crippen molar-refractivity contribution in [1.82, 2.24) is 9.21 Å². The zero-order chi connectivity index (χ0) is 22.6. The van der Waals surface area contributed by atoms with E-state index in [9.17, 15) is 13.2 Å². The van der Waals surface area contributed by atoms with Crippen molar-refractivity contribution >= 4 is 21.6 Å². The van der Waals surface area contributed by atoms with Crippen molar-refractivity contribution in [2.75, 3.05) is 38.6 Å². The van der Waals surface area contributed by atoms with E-state index in [1.54, 1.807) is 23.3 Å². The van der Waals surface area contributed by atoms with Crippen LogP contribution in [0.15, 0.2) is 54.6 Å². The molecular formula is C24H33N3O3S. The number of benzene rings is 2. The van der Waals surface area contributed by atoms with E-state index in [0.717, 1.165) is 29.9 Å². The molecule has 2 aromatic rings. The normalized spacial score (nSPS) is 14.7. The minimum Gasteiger partial charge on any atom is -0.370 e. The fourth-order valence-corrected chi connectivity index (χ4v) is 5.45. The van der Waals surface area contributed by atoms with Gasteiger partial charge >= 0.3 is 0 Å². The first-order valence-corrected chi connectivity index (χ1v) is 12.3. The molecule has 168 valence electrons. The lowest BCUT2D eigenvalue weighted by molar-refractivity contribution is -0.133. The van der Waals surface area contributed by atoms with Crippen molar-refractivity contribution < 1.29 is 13.2 Å². The van der Waals surface area contributed by atoms with Crippen molar-refractivity contribution in [3.05, 3.63) is 65.7 Å². The van der Waals surface area contributed by atoms with Crippen LogP contribution in [0.3, 0.4) is 0 Å². The molecule has 1 saturated heterocycles. The maximum atomic E-state index is 13.1. The van der Waals surface area contributed by atoms with E-state index in [1.807, 2.05) is 68.4 Å². The van der Waals surface area contributed by atoms with Gasteiger partial charge in [0.05, 0.1) is 11.7 Å². The number of anilines is 1. The van der Waals surface area contributed by atoms with Gasteiger partial charge in [0.1, 0.15) is 0 Å². The molecule has 0 aliphatic carbocycles. The quantitative estimate of drug-likeness (QED) is 0.597. The smallest absolute Gasteiger partial charge is 0.228 e. The Hall–Kier alpha value is -2.38. The van der Waals surface area contributed by atoms with E-state index < -0.39 is 10.0 Å². The topological polar surface area (TPSA) is 60.9 Å². The molecule has 0 spiro atoms. The summed E-state index contributed by atoms with van der Waals surface area (Å²) >= 11 is 0. The summed E-state index contributed by atoms with van der Waals surface area (Å²) in [6.45, 7) is 6.35. The summed E-state index contributed by atoms with van der Waals surface area (Å²) < 4.78 is 27.8. The van der Waals surface area contributed by atoms with Crippen LogP contribution in [0.5, 0.6) is 0 Å². The number of carbonyl (C=O) groups is 1. The minimum absolute atomic E-state index is 0.00765. The molecular weight excluding hydrogens is 410 g/mol. The van der Waals surface area contributed by atoms with Gasteiger partial charge in [-0.15, -0.1) is 0 Å². The fraction of sp³-hybridized carbons (Fsp3) is 0.458. The molecule has 3 rings (SSSR count). The second-order valence-corrected chi connectivity index (χ2v) is 10.9. The Labute approximate surface area is 186 Å². The van der Waals surface area contributed by atoms with Gasteiger partial charge in [-0.25, -0.2) is 8.42 Å². The fourth-order valence-electron chi connectivity index (χ4n) is 3.79. The van der Waals surface area contributed by atoms with Crippen LogP contribution < -0.4 is 4.90 Å². The van der Waals surface area contributed by atoms with Gasteiger partial charge in [0.15, 0.2) is 0 Å². The second kappa shape index (κ2) is 9.83. The van der Waals surface area contributed by atoms with Crippen molar-refractivity contribution in [2.45, 2.75) is 26.1 Å². The maximum absolute atomic E-state index is 13.1. The Balaban J connectivity index is 1.66. The summed E-state index contributed by atoms with van der Waals surface area (Å²) in [6.07, 6.45) is 0. The lowest BCUT2D eigenvalue weighted by Gasteiger charge is -2.41. The van der Waals surface area contributed by atoms with E-state index in [-0.39, 0.29) is 23.5 Å². The molecule has 31 heavy (non-hydrogen) atoms. The molecule has 0 unspecified atom stereocenters. The van der Waals surface area contributed by atoms with Crippen LogP contribution >= 0.6 is 0 Å². The lowest BCUT2D eigenvalue weighted by Crippen LogP contribution is -2.53. The van der Waals surface area contributed by atoms with Crippen molar-refractivity contribution in [3.8, 4) is 0 Å². The van der Waals surface area contributed by atoms with Crippen molar-refractivity contribution in [2.24, 2.45) is 11.8 Å². The van der Waals surface area contributed by atoms with Gasteiger partial charge in [-0.2, -0.15) is 4.31 Å². The lowest BCUT2D eigenvalue weighted by atomic mass is 9.97. The molecule has 1 aliphatic rings. The van der Waals surface area contributed by atoms with Gasteiger partial charge in [0, 0.05) is 46.0 Å². The predicted octanol–water partition coefficient (Wildman–Crippen LogP) is 3.20. The van der Waals surface area contributed by atoms with Crippen LogP contribution in [-0.4, -0.2) is 57.3 Å². The summed E-state index contributed by atoms with van der Waals surface area (Å²) in [5, 5.41) is 0. The number of carbonyl (C=O) groups excluding carboxylic acids is 1. The van der Waals surface area contributed by atoms with E-state index in [2.05, 4.69) is 4.90 Å². The minimum atomic E-state index is -3.43. The molecule has 1 amide bonds. The predicted molar refractivity (Wildman–Crippen MR) is 125 cm³/mol. The highest BCUT2D eigenvalue weighted by atomic mass is 32.2. The summed E-state index contributed by atoms with van der Waals surface area (Å²) in [7, 11) is 0.140. The molecule has 0 radical (unpaired) electrons. The second-order valence-electron chi connectivity index (χ2n) is 8.93. The number of sulfonamides is 1. The Kier molecular flexibility index (Phi) is 7.38. The molecule has 0 aromatic heterocycles. The number of amides is 1. The third kappa shape index (κ3) is 6.08. The zero-order valence-electron chi connectivity index (χ0n) is 18.9. The van der Waals surface area contributed by atoms with Crippen LogP contribution in [0.1, 0.15) is 25.0 Å². The summed E-state index contributed by atoms with van der Waals surface area (Å²) in [6, 6.07) is 17.3. The summed E-state index contributed by atoms with van der Waals surface area (Å²) in [4.78, 5) is 15.8. The number of nitrogens with zero attached hydrogens (tertiary/aromatic N) is 3. The van der Waals surface area contributed by atoms with Crippen LogP contribution in [0.4, 0.5) is 5.69 Å². The maximum Gasteiger partial charge on any atom is 0.228 e. The van der Waals surface area contributed by atoms with E-state index in [4.69, 9.17) is 0 Å². The Morgan fingerprint density at radius 2 is 1.61 bits per heavy atom. The van der Waals surface area contributed by atoms with Gasteiger partial charge < -0.3 is 9.80 Å². The highest BCUT2D eigenvalue weighted by molar-refractivity contribution is 7.88. The van der Waals surface area contributed by atoms with Gasteiger partial charge in [0.25, 0.3) is 0 Å². The number of hydrogen-bond donors (Lipinski definition) is 0. The first kappa shape index (κ1) is 23.3. The molecule has 0 atom stereocenters. The van der Waals surface area contributed by atoms with Crippen LogP contribution in [0, 0.1) is 11.8 Å². The first-order valence-electron chi connectivity index (χ1n) is 10.7. The molecule has 0 saturated carbocycles. The Morgan fingerprint density at radius 3 is 2.16 bits per heavy atom. The summed E-state index contributed by atoms with van der Waals surface area (Å²) in [5.41, 5.74) is 2.82. The third-order valence-electron chi connectivity index (χ3n) is 5.49. The molecule has 7 heteroatoms. The summed E-state index contributed by atoms with van der Waals surface area (Å²) in [5.74, 6) is 0.463. The van der Waals surface area contributed by atoms with Gasteiger partial charge in [0.2, 0.25) is 15.9 Å². The van der Waals surface area contributed by atoms with Gasteiger partial charge in [-0.1, -0.05) is 56.3 Å². The van der Waals surface area contributed by atoms with Gasteiger partial charge in [-0.05, 0) is 29.2 Å². The number of rotatable bonds is 9. The van der Waals surface area contributed by atoms with E-state index in [0.29, 0.717) is 13.1 Å². The molecule has 1 aliphatic heterocycles. The highest BCUT2D eigenvalue weighted by Gasteiger charge is 2.33. The average Bonchev–Trinajstić information content (AvgIpc) is 2.67. The Morgan fingerprint density at radius 1 is 1.00 bits per heavy atom. The van der Waals surface area contributed by atoms with Crippen LogP contribution in [0.25, 0.3) is 0 Å². The Bertz CT molecular complexity index is 967. The molecule has 1 heterocycles.